The number of rotatable bonds is 7. The van der Waals surface area contributed by atoms with Crippen LogP contribution >= 0.6 is 0 Å². The molecule has 0 aliphatic rings. The van der Waals surface area contributed by atoms with Crippen LogP contribution in [-0.2, 0) is 0 Å². The van der Waals surface area contributed by atoms with Crippen LogP contribution in [0.1, 0.15) is 6.92 Å². The summed E-state index contributed by atoms with van der Waals surface area (Å²) in [6.07, 6.45) is 1.56. The van der Waals surface area contributed by atoms with Gasteiger partial charge in [0, 0.05) is 17.4 Å². The lowest BCUT2D eigenvalue weighted by Gasteiger charge is -2.09. The predicted molar refractivity (Wildman–Crippen MR) is 97.0 cm³/mol. The van der Waals surface area contributed by atoms with Crippen LogP contribution in [0.4, 0.5) is 23.1 Å². The molecular formula is C18H19N5O2. The van der Waals surface area contributed by atoms with Crippen molar-refractivity contribution in [3.63, 3.8) is 0 Å². The molecular weight excluding hydrogens is 318 g/mol. The Hall–Kier alpha value is -3.35. The SMILES string of the molecule is CCOc1ccc(Nc2cnnc(Nc3cccc(OC)c3)n2)cc1. The van der Waals surface area contributed by atoms with Crippen LogP contribution in [0.5, 0.6) is 11.5 Å². The van der Waals surface area contributed by atoms with E-state index in [1.54, 1.807) is 13.3 Å². The van der Waals surface area contributed by atoms with E-state index in [9.17, 15) is 0 Å². The topological polar surface area (TPSA) is 81.2 Å². The molecule has 2 N–H and O–H groups in total. The van der Waals surface area contributed by atoms with E-state index >= 15 is 0 Å². The highest BCUT2D eigenvalue weighted by molar-refractivity contribution is 5.60. The van der Waals surface area contributed by atoms with Gasteiger partial charge in [0.15, 0.2) is 5.82 Å². The highest BCUT2D eigenvalue weighted by Crippen LogP contribution is 2.21. The molecule has 0 saturated heterocycles. The number of nitrogens with one attached hydrogen (secondary N) is 2. The maximum absolute atomic E-state index is 5.43. The third-order valence-electron chi connectivity index (χ3n) is 3.32. The number of benzene rings is 2. The number of ether oxygens (including phenoxy) is 2. The van der Waals surface area contributed by atoms with Crippen LogP contribution in [-0.4, -0.2) is 28.9 Å². The van der Waals surface area contributed by atoms with Crippen molar-refractivity contribution in [1.29, 1.82) is 0 Å². The summed E-state index contributed by atoms with van der Waals surface area (Å²) in [5, 5.41) is 14.3. The molecule has 0 unspecified atom stereocenters. The largest absolute Gasteiger partial charge is 0.497 e. The first-order chi connectivity index (χ1) is 12.3. The minimum atomic E-state index is 0.393. The quantitative estimate of drug-likeness (QED) is 0.679. The number of methoxy groups -OCH3 is 1. The second kappa shape index (κ2) is 7.96. The molecule has 25 heavy (non-hydrogen) atoms. The number of hydrogen-bond donors (Lipinski definition) is 2. The monoisotopic (exact) mass is 337 g/mol. The molecule has 0 aliphatic heterocycles. The molecule has 3 aromatic rings. The van der Waals surface area contributed by atoms with Crippen molar-refractivity contribution in [2.24, 2.45) is 0 Å². The third-order valence-corrected chi connectivity index (χ3v) is 3.32. The van der Waals surface area contributed by atoms with Gasteiger partial charge in [-0.3, -0.25) is 0 Å². The van der Waals surface area contributed by atoms with Crippen molar-refractivity contribution >= 4 is 23.1 Å². The van der Waals surface area contributed by atoms with Crippen LogP contribution < -0.4 is 20.1 Å². The van der Waals surface area contributed by atoms with Crippen molar-refractivity contribution in [3.8, 4) is 11.5 Å². The van der Waals surface area contributed by atoms with Gasteiger partial charge < -0.3 is 20.1 Å². The first-order valence-corrected chi connectivity index (χ1v) is 7.87. The molecule has 0 atom stereocenters. The van der Waals surface area contributed by atoms with Gasteiger partial charge >= 0.3 is 0 Å². The second-order valence-corrected chi connectivity index (χ2v) is 5.10. The van der Waals surface area contributed by atoms with E-state index in [-0.39, 0.29) is 0 Å². The molecule has 0 fully saturated rings. The van der Waals surface area contributed by atoms with Gasteiger partial charge in [0.05, 0.1) is 19.9 Å². The first-order valence-electron chi connectivity index (χ1n) is 7.87. The van der Waals surface area contributed by atoms with Crippen LogP contribution in [0.25, 0.3) is 0 Å². The second-order valence-electron chi connectivity index (χ2n) is 5.10. The zero-order valence-corrected chi connectivity index (χ0v) is 14.1. The number of hydrogen-bond acceptors (Lipinski definition) is 7. The summed E-state index contributed by atoms with van der Waals surface area (Å²) in [7, 11) is 1.62. The maximum Gasteiger partial charge on any atom is 0.249 e. The van der Waals surface area contributed by atoms with Crippen LogP contribution in [0, 0.1) is 0 Å². The third kappa shape index (κ3) is 4.57. The molecule has 0 aliphatic carbocycles. The lowest BCUT2D eigenvalue weighted by Crippen LogP contribution is -2.02. The van der Waals surface area contributed by atoms with Crippen molar-refractivity contribution in [1.82, 2.24) is 15.2 Å². The Morgan fingerprint density at radius 1 is 0.960 bits per heavy atom. The summed E-state index contributed by atoms with van der Waals surface area (Å²) >= 11 is 0. The van der Waals surface area contributed by atoms with E-state index in [0.717, 1.165) is 22.9 Å². The smallest absolute Gasteiger partial charge is 0.249 e. The van der Waals surface area contributed by atoms with Gasteiger partial charge in [0.1, 0.15) is 11.5 Å². The molecule has 0 saturated carbocycles. The Labute approximate surface area is 146 Å². The summed E-state index contributed by atoms with van der Waals surface area (Å²) in [6, 6.07) is 15.1. The fraction of sp³-hybridized carbons (Fsp3) is 0.167. The fourth-order valence-electron chi connectivity index (χ4n) is 2.20. The van der Waals surface area contributed by atoms with E-state index < -0.39 is 0 Å². The Balaban J connectivity index is 1.70. The van der Waals surface area contributed by atoms with E-state index in [0.29, 0.717) is 18.4 Å². The molecule has 0 spiro atoms. The van der Waals surface area contributed by atoms with Crippen LogP contribution in [0.15, 0.2) is 54.7 Å². The molecule has 3 rings (SSSR count). The normalized spacial score (nSPS) is 10.2. The average molecular weight is 337 g/mol. The number of aromatic nitrogens is 3. The summed E-state index contributed by atoms with van der Waals surface area (Å²) in [4.78, 5) is 4.41. The minimum absolute atomic E-state index is 0.393. The average Bonchev–Trinajstić information content (AvgIpc) is 2.64. The molecule has 0 radical (unpaired) electrons. The molecule has 2 aromatic carbocycles. The van der Waals surface area contributed by atoms with E-state index in [1.807, 2.05) is 55.5 Å². The Kier molecular flexibility index (Phi) is 5.26. The summed E-state index contributed by atoms with van der Waals surface area (Å²) < 4.78 is 10.6. The fourth-order valence-corrected chi connectivity index (χ4v) is 2.20. The van der Waals surface area contributed by atoms with E-state index in [1.165, 1.54) is 0 Å². The summed E-state index contributed by atoms with van der Waals surface area (Å²) in [5.41, 5.74) is 1.70. The Morgan fingerprint density at radius 2 is 1.80 bits per heavy atom. The van der Waals surface area contributed by atoms with Crippen LogP contribution in [0.3, 0.4) is 0 Å². The molecule has 7 nitrogen and oxygen atoms in total. The van der Waals surface area contributed by atoms with Gasteiger partial charge in [-0.15, -0.1) is 5.10 Å². The van der Waals surface area contributed by atoms with Gasteiger partial charge in [0.2, 0.25) is 5.95 Å². The van der Waals surface area contributed by atoms with Gasteiger partial charge in [0.25, 0.3) is 0 Å². The highest BCUT2D eigenvalue weighted by atomic mass is 16.5. The molecule has 128 valence electrons. The summed E-state index contributed by atoms with van der Waals surface area (Å²) in [6.45, 7) is 2.59. The van der Waals surface area contributed by atoms with Gasteiger partial charge in [-0.1, -0.05) is 6.07 Å². The molecule has 0 amide bonds. The summed E-state index contributed by atoms with van der Waals surface area (Å²) in [5.74, 6) is 2.56. The van der Waals surface area contributed by atoms with Crippen LogP contribution in [0.2, 0.25) is 0 Å². The van der Waals surface area contributed by atoms with E-state index in [2.05, 4.69) is 25.8 Å². The lowest BCUT2D eigenvalue weighted by molar-refractivity contribution is 0.340. The van der Waals surface area contributed by atoms with Crippen molar-refractivity contribution in [3.05, 3.63) is 54.7 Å². The van der Waals surface area contributed by atoms with Crippen molar-refractivity contribution in [2.45, 2.75) is 6.92 Å². The lowest BCUT2D eigenvalue weighted by atomic mass is 10.3. The molecule has 1 aromatic heterocycles. The Morgan fingerprint density at radius 3 is 2.56 bits per heavy atom. The Bertz CT molecular complexity index is 824. The minimum Gasteiger partial charge on any atom is -0.497 e. The molecule has 1 heterocycles. The van der Waals surface area contributed by atoms with Gasteiger partial charge in [-0.25, -0.2) is 0 Å². The van der Waals surface area contributed by atoms with Gasteiger partial charge in [-0.2, -0.15) is 10.1 Å². The molecule has 7 heteroatoms. The predicted octanol–water partition coefficient (Wildman–Crippen LogP) is 3.77. The molecule has 0 bridgehead atoms. The van der Waals surface area contributed by atoms with Gasteiger partial charge in [-0.05, 0) is 43.3 Å². The standard InChI is InChI=1S/C18H19N5O2/c1-3-25-15-9-7-13(8-10-15)20-17-12-19-23-18(22-17)21-14-5-4-6-16(11-14)24-2/h4-12H,3H2,1-2H3,(H2,20,21,22,23). The zero-order valence-electron chi connectivity index (χ0n) is 14.1. The zero-order chi connectivity index (χ0) is 17.5. The van der Waals surface area contributed by atoms with E-state index in [4.69, 9.17) is 9.47 Å². The first kappa shape index (κ1) is 16.5. The van der Waals surface area contributed by atoms with Crippen molar-refractivity contribution in [2.75, 3.05) is 24.4 Å². The number of nitrogens with zero attached hydrogens (tertiary/aromatic N) is 3. The number of anilines is 4. The highest BCUT2D eigenvalue weighted by Gasteiger charge is 2.03. The maximum atomic E-state index is 5.43. The van der Waals surface area contributed by atoms with Crippen molar-refractivity contribution < 1.29 is 9.47 Å².